The first-order valence-electron chi connectivity index (χ1n) is 12.3. The molecule has 1 N–H and O–H groups in total. The number of nitrogens with one attached hydrogen (secondary N) is 1. The second-order valence-electron chi connectivity index (χ2n) is 9.95. The topological polar surface area (TPSA) is 30.5 Å². The zero-order valence-electron chi connectivity index (χ0n) is 20.2. The van der Waals surface area contributed by atoms with Crippen LogP contribution in [0.25, 0.3) is 22.3 Å². The lowest BCUT2D eigenvalue weighted by Crippen LogP contribution is -2.15. The van der Waals surface area contributed by atoms with Crippen LogP contribution in [0.4, 0.5) is 11.4 Å². The Morgan fingerprint density at radius 1 is 0.500 bits per heavy atom. The summed E-state index contributed by atoms with van der Waals surface area (Å²) in [4.78, 5) is 0. The van der Waals surface area contributed by atoms with Gasteiger partial charge in [0.2, 0.25) is 0 Å². The molecule has 1 aliphatic carbocycles. The zero-order chi connectivity index (χ0) is 24.3. The van der Waals surface area contributed by atoms with Gasteiger partial charge in [-0.05, 0) is 81.9 Å². The molecule has 0 amide bonds. The molecule has 1 heterocycles. The smallest absolute Gasteiger partial charge is 0.170 e. The molecule has 36 heavy (non-hydrogen) atoms. The Bertz CT molecular complexity index is 1630. The highest BCUT2D eigenvalue weighted by Gasteiger charge is 2.35. The molecule has 0 saturated heterocycles. The van der Waals surface area contributed by atoms with E-state index in [1.807, 2.05) is 36.4 Å². The summed E-state index contributed by atoms with van der Waals surface area (Å²) in [5.74, 6) is 2.95. The van der Waals surface area contributed by atoms with Crippen LogP contribution in [0.1, 0.15) is 25.0 Å². The van der Waals surface area contributed by atoms with Crippen molar-refractivity contribution in [1.29, 1.82) is 0 Å². The summed E-state index contributed by atoms with van der Waals surface area (Å²) >= 11 is 0. The van der Waals surface area contributed by atoms with Crippen LogP contribution in [-0.4, -0.2) is 0 Å². The van der Waals surface area contributed by atoms with Crippen LogP contribution >= 0.6 is 0 Å². The highest BCUT2D eigenvalue weighted by atomic mass is 16.6. The van der Waals surface area contributed by atoms with Crippen LogP contribution in [0.3, 0.4) is 0 Å². The van der Waals surface area contributed by atoms with Gasteiger partial charge in [0, 0.05) is 16.8 Å². The summed E-state index contributed by atoms with van der Waals surface area (Å²) < 4.78 is 12.1. The lowest BCUT2D eigenvalue weighted by molar-refractivity contribution is 0.360. The minimum Gasteiger partial charge on any atom is -0.450 e. The first kappa shape index (κ1) is 20.8. The summed E-state index contributed by atoms with van der Waals surface area (Å²) in [6, 6.07) is 37.7. The van der Waals surface area contributed by atoms with Gasteiger partial charge in [-0.25, -0.2) is 0 Å². The Kier molecular flexibility index (Phi) is 4.49. The fraction of sp³-hybridized carbons (Fsp3) is 0.0909. The maximum Gasteiger partial charge on any atom is 0.170 e. The van der Waals surface area contributed by atoms with Crippen molar-refractivity contribution in [1.82, 2.24) is 0 Å². The molecule has 1 aliphatic heterocycles. The number of hydrogen-bond donors (Lipinski definition) is 1. The predicted molar refractivity (Wildman–Crippen MR) is 146 cm³/mol. The SMILES string of the molecule is CC1(C)c2ccccc2-c2ccc(Nc3ccc(-c4ccc5c(c4)Oc4ccccc4O5)cc3)cc21. The van der Waals surface area contributed by atoms with E-state index in [2.05, 4.69) is 92.0 Å². The Morgan fingerprint density at radius 3 is 1.92 bits per heavy atom. The highest BCUT2D eigenvalue weighted by molar-refractivity contribution is 5.83. The molecule has 0 bridgehead atoms. The summed E-state index contributed by atoms with van der Waals surface area (Å²) in [6.45, 7) is 4.62. The highest BCUT2D eigenvalue weighted by Crippen LogP contribution is 2.49. The van der Waals surface area contributed by atoms with Crippen molar-refractivity contribution in [3.63, 3.8) is 0 Å². The molecule has 0 spiro atoms. The molecule has 0 radical (unpaired) electrons. The number of para-hydroxylation sites is 2. The molecular weight excluding hydrogens is 442 g/mol. The molecule has 5 aromatic carbocycles. The summed E-state index contributed by atoms with van der Waals surface area (Å²) in [5.41, 5.74) is 9.78. The molecule has 174 valence electrons. The average Bonchev–Trinajstić information content (AvgIpc) is 3.14. The summed E-state index contributed by atoms with van der Waals surface area (Å²) in [6.07, 6.45) is 0. The van der Waals surface area contributed by atoms with Crippen molar-refractivity contribution in [2.45, 2.75) is 19.3 Å². The van der Waals surface area contributed by atoms with Gasteiger partial charge >= 0.3 is 0 Å². The molecular formula is C33H25NO2. The molecule has 0 aromatic heterocycles. The molecule has 0 unspecified atom stereocenters. The number of benzene rings is 5. The number of hydrogen-bond acceptors (Lipinski definition) is 3. The predicted octanol–water partition coefficient (Wildman–Crippen LogP) is 9.30. The Balaban J connectivity index is 1.13. The van der Waals surface area contributed by atoms with Crippen LogP contribution in [0, 0.1) is 0 Å². The summed E-state index contributed by atoms with van der Waals surface area (Å²) in [7, 11) is 0. The van der Waals surface area contributed by atoms with Gasteiger partial charge < -0.3 is 14.8 Å². The van der Waals surface area contributed by atoms with Crippen molar-refractivity contribution < 1.29 is 9.47 Å². The molecule has 5 aromatic rings. The van der Waals surface area contributed by atoms with E-state index in [1.165, 1.54) is 22.3 Å². The molecule has 2 aliphatic rings. The van der Waals surface area contributed by atoms with Gasteiger partial charge in [-0.1, -0.05) is 74.5 Å². The first-order valence-corrected chi connectivity index (χ1v) is 12.3. The van der Waals surface area contributed by atoms with E-state index in [1.54, 1.807) is 0 Å². The minimum absolute atomic E-state index is 0.00772. The van der Waals surface area contributed by atoms with Crippen molar-refractivity contribution in [2.75, 3.05) is 5.32 Å². The lowest BCUT2D eigenvalue weighted by atomic mass is 9.82. The molecule has 3 nitrogen and oxygen atoms in total. The van der Waals surface area contributed by atoms with Gasteiger partial charge in [-0.2, -0.15) is 0 Å². The van der Waals surface area contributed by atoms with Gasteiger partial charge in [0.1, 0.15) is 0 Å². The fourth-order valence-corrected chi connectivity index (χ4v) is 5.40. The van der Waals surface area contributed by atoms with E-state index in [4.69, 9.17) is 9.47 Å². The van der Waals surface area contributed by atoms with Crippen molar-refractivity contribution in [3.8, 4) is 45.3 Å². The van der Waals surface area contributed by atoms with Crippen LogP contribution < -0.4 is 14.8 Å². The van der Waals surface area contributed by atoms with Crippen LogP contribution in [0.5, 0.6) is 23.0 Å². The fourth-order valence-electron chi connectivity index (χ4n) is 5.40. The first-order chi connectivity index (χ1) is 17.6. The van der Waals surface area contributed by atoms with Gasteiger partial charge in [0.25, 0.3) is 0 Å². The van der Waals surface area contributed by atoms with Gasteiger partial charge in [-0.15, -0.1) is 0 Å². The number of fused-ring (bicyclic) bond motifs is 5. The largest absolute Gasteiger partial charge is 0.450 e. The normalized spacial score (nSPS) is 13.9. The zero-order valence-corrected chi connectivity index (χ0v) is 20.2. The van der Waals surface area contributed by atoms with E-state index in [9.17, 15) is 0 Å². The molecule has 3 heteroatoms. The Labute approximate surface area is 211 Å². The van der Waals surface area contributed by atoms with Crippen molar-refractivity contribution >= 4 is 11.4 Å². The number of ether oxygens (including phenoxy) is 2. The molecule has 7 rings (SSSR count). The Morgan fingerprint density at radius 2 is 1.11 bits per heavy atom. The van der Waals surface area contributed by atoms with Crippen LogP contribution in [-0.2, 0) is 5.41 Å². The minimum atomic E-state index is -0.00772. The van der Waals surface area contributed by atoms with E-state index in [0.717, 1.165) is 45.5 Å². The third-order valence-corrected chi connectivity index (χ3v) is 7.32. The Hall–Kier alpha value is -4.50. The molecule has 0 atom stereocenters. The number of rotatable bonds is 3. The monoisotopic (exact) mass is 467 g/mol. The molecule has 0 fully saturated rings. The van der Waals surface area contributed by atoms with Crippen molar-refractivity contribution in [3.05, 3.63) is 120 Å². The maximum atomic E-state index is 6.08. The third kappa shape index (κ3) is 3.28. The van der Waals surface area contributed by atoms with E-state index >= 15 is 0 Å². The van der Waals surface area contributed by atoms with E-state index in [-0.39, 0.29) is 5.41 Å². The molecule has 0 saturated carbocycles. The van der Waals surface area contributed by atoms with E-state index < -0.39 is 0 Å². The number of anilines is 2. The third-order valence-electron chi connectivity index (χ3n) is 7.32. The second kappa shape index (κ2) is 7.76. The van der Waals surface area contributed by atoms with Crippen LogP contribution in [0.15, 0.2) is 109 Å². The van der Waals surface area contributed by atoms with E-state index in [0.29, 0.717) is 0 Å². The van der Waals surface area contributed by atoms with Gasteiger partial charge in [0.05, 0.1) is 0 Å². The average molecular weight is 468 g/mol. The second-order valence-corrected chi connectivity index (χ2v) is 9.95. The quantitative estimate of drug-likeness (QED) is 0.281. The maximum absolute atomic E-state index is 6.08. The standard InChI is InChI=1S/C33H25NO2/c1-33(2)27-8-4-3-7-25(27)26-17-16-24(20-28(26)33)34-23-14-11-21(12-15-23)22-13-18-31-32(19-22)36-30-10-6-5-9-29(30)35-31/h3-20,34H,1-2H3. The lowest BCUT2D eigenvalue weighted by Gasteiger charge is -2.22. The van der Waals surface area contributed by atoms with Gasteiger partial charge in [0.15, 0.2) is 23.0 Å². The van der Waals surface area contributed by atoms with Crippen molar-refractivity contribution in [2.24, 2.45) is 0 Å². The van der Waals surface area contributed by atoms with Crippen LogP contribution in [0.2, 0.25) is 0 Å². The van der Waals surface area contributed by atoms with Gasteiger partial charge in [-0.3, -0.25) is 0 Å². The summed E-state index contributed by atoms with van der Waals surface area (Å²) in [5, 5.41) is 3.59.